The van der Waals surface area contributed by atoms with Crippen molar-refractivity contribution in [2.24, 2.45) is 0 Å². The molecule has 122 valence electrons. The van der Waals surface area contributed by atoms with Gasteiger partial charge in [-0.1, -0.05) is 23.9 Å². The fraction of sp³-hybridized carbons (Fsp3) is 0.438. The summed E-state index contributed by atoms with van der Waals surface area (Å²) in [5, 5.41) is 3.74. The third-order valence-electron chi connectivity index (χ3n) is 3.85. The number of fused-ring (bicyclic) bond motifs is 1. The first-order valence-electron chi connectivity index (χ1n) is 7.63. The minimum atomic E-state index is -0.0962. The maximum absolute atomic E-state index is 12.8. The van der Waals surface area contributed by atoms with Crippen molar-refractivity contribution < 1.29 is 9.53 Å². The molecule has 0 radical (unpaired) electrons. The predicted octanol–water partition coefficient (Wildman–Crippen LogP) is 1.41. The van der Waals surface area contributed by atoms with E-state index >= 15 is 0 Å². The molecular weight excluding hydrogens is 314 g/mol. The molecule has 1 aliphatic rings. The van der Waals surface area contributed by atoms with E-state index in [-0.39, 0.29) is 23.3 Å². The van der Waals surface area contributed by atoms with Crippen LogP contribution in [0.2, 0.25) is 0 Å². The second-order valence-corrected chi connectivity index (χ2v) is 6.37. The highest BCUT2D eigenvalue weighted by Crippen LogP contribution is 2.20. The third-order valence-corrected chi connectivity index (χ3v) is 4.82. The van der Waals surface area contributed by atoms with Crippen LogP contribution >= 0.6 is 11.8 Å². The van der Waals surface area contributed by atoms with Crippen molar-refractivity contribution >= 4 is 28.6 Å². The first kappa shape index (κ1) is 16.0. The van der Waals surface area contributed by atoms with E-state index in [9.17, 15) is 9.59 Å². The van der Waals surface area contributed by atoms with Crippen LogP contribution in [0.5, 0.6) is 0 Å². The lowest BCUT2D eigenvalue weighted by atomic mass is 10.2. The molecule has 0 aliphatic carbocycles. The van der Waals surface area contributed by atoms with Crippen LogP contribution in [0.1, 0.15) is 12.8 Å². The second-order valence-electron chi connectivity index (χ2n) is 5.42. The minimum Gasteiger partial charge on any atom is -0.376 e. The minimum absolute atomic E-state index is 0.0370. The molecule has 3 rings (SSSR count). The first-order chi connectivity index (χ1) is 11.2. The summed E-state index contributed by atoms with van der Waals surface area (Å²) < 4.78 is 7.29. The molecule has 1 saturated heterocycles. The van der Waals surface area contributed by atoms with Gasteiger partial charge in [-0.3, -0.25) is 14.2 Å². The van der Waals surface area contributed by atoms with Gasteiger partial charge in [-0.05, 0) is 25.0 Å². The maximum atomic E-state index is 12.8. The zero-order chi connectivity index (χ0) is 16.2. The Kier molecular flexibility index (Phi) is 4.97. The highest BCUT2D eigenvalue weighted by molar-refractivity contribution is 7.99. The summed E-state index contributed by atoms with van der Waals surface area (Å²) in [5.74, 6) is 0.133. The fourth-order valence-electron chi connectivity index (χ4n) is 2.61. The number of hydrogen-bond donors (Lipinski definition) is 1. The summed E-state index contributed by atoms with van der Waals surface area (Å²) in [5.41, 5.74) is 0.575. The molecule has 1 amide bonds. The Hall–Kier alpha value is -1.86. The van der Waals surface area contributed by atoms with Crippen LogP contribution in [0, 0.1) is 0 Å². The zero-order valence-corrected chi connectivity index (χ0v) is 13.8. The lowest BCUT2D eigenvalue weighted by Crippen LogP contribution is -2.29. The largest absolute Gasteiger partial charge is 0.376 e. The summed E-state index contributed by atoms with van der Waals surface area (Å²) in [4.78, 5) is 28.9. The van der Waals surface area contributed by atoms with Gasteiger partial charge in [0.25, 0.3) is 5.56 Å². The van der Waals surface area contributed by atoms with Gasteiger partial charge in [0.15, 0.2) is 5.16 Å². The van der Waals surface area contributed by atoms with E-state index in [4.69, 9.17) is 4.74 Å². The van der Waals surface area contributed by atoms with Crippen molar-refractivity contribution in [2.75, 3.05) is 19.4 Å². The molecule has 1 atom stereocenters. The van der Waals surface area contributed by atoms with Crippen molar-refractivity contribution in [3.63, 3.8) is 0 Å². The molecule has 1 aromatic heterocycles. The van der Waals surface area contributed by atoms with Crippen molar-refractivity contribution in [2.45, 2.75) is 30.6 Å². The Balaban J connectivity index is 1.99. The number of benzene rings is 1. The molecule has 0 bridgehead atoms. The number of rotatable bonds is 5. The quantitative estimate of drug-likeness (QED) is 0.662. The SMILES string of the molecule is CNC(=O)CSc1nc2ccccc2c(=O)n1CC1CCCO1. The molecule has 1 aromatic carbocycles. The van der Waals surface area contributed by atoms with Gasteiger partial charge in [0.1, 0.15) is 0 Å². The number of para-hydroxylation sites is 1. The summed E-state index contributed by atoms with van der Waals surface area (Å²) in [6.07, 6.45) is 2.00. The number of carbonyl (C=O) groups is 1. The summed E-state index contributed by atoms with van der Waals surface area (Å²) >= 11 is 1.28. The van der Waals surface area contributed by atoms with Crippen LogP contribution in [-0.2, 0) is 16.1 Å². The first-order valence-corrected chi connectivity index (χ1v) is 8.62. The van der Waals surface area contributed by atoms with Crippen molar-refractivity contribution in [3.8, 4) is 0 Å². The number of ether oxygens (including phenoxy) is 1. The maximum Gasteiger partial charge on any atom is 0.262 e. The molecule has 2 heterocycles. The van der Waals surface area contributed by atoms with E-state index in [0.29, 0.717) is 22.6 Å². The van der Waals surface area contributed by atoms with Crippen LogP contribution < -0.4 is 10.9 Å². The molecule has 1 fully saturated rings. The van der Waals surface area contributed by atoms with Gasteiger partial charge in [-0.2, -0.15) is 0 Å². The highest BCUT2D eigenvalue weighted by atomic mass is 32.2. The van der Waals surface area contributed by atoms with Crippen LogP contribution in [0.15, 0.2) is 34.2 Å². The monoisotopic (exact) mass is 333 g/mol. The number of nitrogens with zero attached hydrogens (tertiary/aromatic N) is 2. The summed E-state index contributed by atoms with van der Waals surface area (Å²) in [7, 11) is 1.59. The smallest absolute Gasteiger partial charge is 0.262 e. The lowest BCUT2D eigenvalue weighted by molar-refractivity contribution is -0.118. The fourth-order valence-corrected chi connectivity index (χ4v) is 3.49. The molecule has 1 unspecified atom stereocenters. The van der Waals surface area contributed by atoms with Gasteiger partial charge in [0, 0.05) is 13.7 Å². The average Bonchev–Trinajstić information content (AvgIpc) is 3.08. The molecular formula is C16H19N3O3S. The lowest BCUT2D eigenvalue weighted by Gasteiger charge is -2.16. The van der Waals surface area contributed by atoms with Crippen LogP contribution in [-0.4, -0.2) is 41.0 Å². The van der Waals surface area contributed by atoms with Gasteiger partial charge < -0.3 is 10.1 Å². The Morgan fingerprint density at radius 2 is 2.30 bits per heavy atom. The van der Waals surface area contributed by atoms with E-state index in [1.165, 1.54) is 11.8 Å². The Labute approximate surface area is 138 Å². The molecule has 23 heavy (non-hydrogen) atoms. The molecule has 6 nitrogen and oxygen atoms in total. The average molecular weight is 333 g/mol. The number of aromatic nitrogens is 2. The number of amides is 1. The van der Waals surface area contributed by atoms with Crippen molar-refractivity contribution in [1.82, 2.24) is 14.9 Å². The summed E-state index contributed by atoms with van der Waals surface area (Å²) in [6, 6.07) is 7.28. The molecule has 0 saturated carbocycles. The van der Waals surface area contributed by atoms with Crippen LogP contribution in [0.3, 0.4) is 0 Å². The van der Waals surface area contributed by atoms with Gasteiger partial charge in [-0.25, -0.2) is 4.98 Å². The van der Waals surface area contributed by atoms with E-state index in [2.05, 4.69) is 10.3 Å². The van der Waals surface area contributed by atoms with E-state index in [1.54, 1.807) is 17.7 Å². The van der Waals surface area contributed by atoms with Gasteiger partial charge in [0.2, 0.25) is 5.91 Å². The van der Waals surface area contributed by atoms with Gasteiger partial charge in [0.05, 0.1) is 29.3 Å². The van der Waals surface area contributed by atoms with Gasteiger partial charge >= 0.3 is 0 Å². The number of hydrogen-bond acceptors (Lipinski definition) is 5. The topological polar surface area (TPSA) is 73.2 Å². The summed E-state index contributed by atoms with van der Waals surface area (Å²) in [6.45, 7) is 1.22. The second kappa shape index (κ2) is 7.14. The van der Waals surface area contributed by atoms with Crippen molar-refractivity contribution in [1.29, 1.82) is 0 Å². The Bertz CT molecular complexity index is 769. The third kappa shape index (κ3) is 3.56. The standard InChI is InChI=1S/C16H19N3O3S/c1-17-14(20)10-23-16-18-13-7-3-2-6-12(13)15(21)19(16)9-11-5-4-8-22-11/h2-3,6-7,11H,4-5,8-10H2,1H3,(H,17,20). The van der Waals surface area contributed by atoms with Gasteiger partial charge in [-0.15, -0.1) is 0 Å². The van der Waals surface area contributed by atoms with E-state index in [0.717, 1.165) is 19.4 Å². The molecule has 1 N–H and O–H groups in total. The Morgan fingerprint density at radius 3 is 3.04 bits per heavy atom. The molecule has 2 aromatic rings. The molecule has 7 heteroatoms. The Morgan fingerprint density at radius 1 is 1.48 bits per heavy atom. The zero-order valence-electron chi connectivity index (χ0n) is 12.9. The molecule has 0 spiro atoms. The predicted molar refractivity (Wildman–Crippen MR) is 89.8 cm³/mol. The van der Waals surface area contributed by atoms with Crippen LogP contribution in [0.4, 0.5) is 0 Å². The van der Waals surface area contributed by atoms with Crippen LogP contribution in [0.25, 0.3) is 10.9 Å². The molecule has 1 aliphatic heterocycles. The number of nitrogens with one attached hydrogen (secondary N) is 1. The number of carbonyl (C=O) groups excluding carboxylic acids is 1. The van der Waals surface area contributed by atoms with Crippen molar-refractivity contribution in [3.05, 3.63) is 34.6 Å². The van der Waals surface area contributed by atoms with E-state index < -0.39 is 0 Å². The van der Waals surface area contributed by atoms with E-state index in [1.807, 2.05) is 18.2 Å². The normalized spacial score (nSPS) is 17.5. The highest BCUT2D eigenvalue weighted by Gasteiger charge is 2.20. The number of thioether (sulfide) groups is 1.